The number of nitrogens with zero attached hydrogens (tertiary/aromatic N) is 1. The molecule has 2 aromatic rings. The second kappa shape index (κ2) is 6.31. The molecule has 0 aliphatic rings. The highest BCUT2D eigenvalue weighted by Crippen LogP contribution is 2.11. The van der Waals surface area contributed by atoms with Crippen LogP contribution in [0.4, 0.5) is 0 Å². The number of aromatic nitrogens is 1. The third-order valence-corrected chi connectivity index (χ3v) is 3.23. The fraction of sp³-hybridized carbons (Fsp3) is 0.312. The van der Waals surface area contributed by atoms with Gasteiger partial charge in [-0.25, -0.2) is 0 Å². The fourth-order valence-electron chi connectivity index (χ4n) is 1.91. The van der Waals surface area contributed by atoms with E-state index in [2.05, 4.69) is 54.5 Å². The van der Waals surface area contributed by atoms with E-state index >= 15 is 0 Å². The smallest absolute Gasteiger partial charge is 0.0315 e. The lowest BCUT2D eigenvalue weighted by molar-refractivity contribution is 0.573. The van der Waals surface area contributed by atoms with Gasteiger partial charge in [0.1, 0.15) is 0 Å². The summed E-state index contributed by atoms with van der Waals surface area (Å²) < 4.78 is 0. The van der Waals surface area contributed by atoms with Crippen molar-refractivity contribution in [2.24, 2.45) is 0 Å². The van der Waals surface area contributed by atoms with Gasteiger partial charge in [-0.05, 0) is 36.1 Å². The zero-order valence-electron chi connectivity index (χ0n) is 11.1. The minimum atomic E-state index is 0.324. The zero-order valence-corrected chi connectivity index (χ0v) is 11.1. The molecule has 2 nitrogen and oxygen atoms in total. The van der Waals surface area contributed by atoms with Crippen molar-refractivity contribution in [2.45, 2.75) is 32.9 Å². The van der Waals surface area contributed by atoms with Crippen molar-refractivity contribution >= 4 is 0 Å². The number of hydrogen-bond donors (Lipinski definition) is 1. The Kier molecular flexibility index (Phi) is 4.48. The molecule has 0 spiro atoms. The molecular formula is C16H20N2. The quantitative estimate of drug-likeness (QED) is 0.865. The second-order valence-corrected chi connectivity index (χ2v) is 4.56. The summed E-state index contributed by atoms with van der Waals surface area (Å²) in [5.41, 5.74) is 3.93. The highest BCUT2D eigenvalue weighted by Gasteiger charge is 2.04. The minimum Gasteiger partial charge on any atom is -0.306 e. The molecule has 0 saturated heterocycles. The Labute approximate surface area is 109 Å². The average Bonchev–Trinajstić information content (AvgIpc) is 2.46. The maximum Gasteiger partial charge on any atom is 0.0315 e. The number of hydrogen-bond acceptors (Lipinski definition) is 2. The van der Waals surface area contributed by atoms with E-state index in [0.29, 0.717) is 6.04 Å². The summed E-state index contributed by atoms with van der Waals surface area (Å²) in [5.74, 6) is 0. The normalized spacial score (nSPS) is 12.3. The molecule has 0 aliphatic carbocycles. The lowest BCUT2D eigenvalue weighted by Crippen LogP contribution is -2.18. The lowest BCUT2D eigenvalue weighted by Gasteiger charge is -2.14. The highest BCUT2D eigenvalue weighted by molar-refractivity contribution is 5.22. The largest absolute Gasteiger partial charge is 0.306 e. The standard InChI is InChI=1S/C16H20N2/c1-3-14-6-8-15(9-7-14)11-18-13(2)16-5-4-10-17-12-16/h4-10,12-13,18H,3,11H2,1-2H3/t13-/m1/s1. The first-order valence-electron chi connectivity index (χ1n) is 6.50. The molecule has 0 amide bonds. The van der Waals surface area contributed by atoms with Crippen LogP contribution < -0.4 is 5.32 Å². The van der Waals surface area contributed by atoms with Gasteiger partial charge in [-0.3, -0.25) is 4.98 Å². The summed E-state index contributed by atoms with van der Waals surface area (Å²) in [5, 5.41) is 3.51. The van der Waals surface area contributed by atoms with Crippen LogP contribution in [0.25, 0.3) is 0 Å². The molecule has 0 unspecified atom stereocenters. The van der Waals surface area contributed by atoms with Gasteiger partial charge in [0.05, 0.1) is 0 Å². The Bertz CT molecular complexity index is 462. The molecule has 0 saturated carbocycles. The monoisotopic (exact) mass is 240 g/mol. The van der Waals surface area contributed by atoms with Crippen molar-refractivity contribution in [3.05, 3.63) is 65.5 Å². The van der Waals surface area contributed by atoms with E-state index in [4.69, 9.17) is 0 Å². The molecule has 94 valence electrons. The molecule has 2 heteroatoms. The van der Waals surface area contributed by atoms with Gasteiger partial charge in [-0.2, -0.15) is 0 Å². The van der Waals surface area contributed by atoms with Gasteiger partial charge >= 0.3 is 0 Å². The van der Waals surface area contributed by atoms with Crippen LogP contribution in [0.2, 0.25) is 0 Å². The van der Waals surface area contributed by atoms with Gasteiger partial charge < -0.3 is 5.32 Å². The van der Waals surface area contributed by atoms with E-state index in [1.54, 1.807) is 6.20 Å². The molecule has 1 atom stereocenters. The van der Waals surface area contributed by atoms with E-state index in [1.165, 1.54) is 16.7 Å². The summed E-state index contributed by atoms with van der Waals surface area (Å²) in [4.78, 5) is 4.14. The van der Waals surface area contributed by atoms with Crippen LogP contribution in [0, 0.1) is 0 Å². The van der Waals surface area contributed by atoms with E-state index in [0.717, 1.165) is 13.0 Å². The Hall–Kier alpha value is -1.67. The highest BCUT2D eigenvalue weighted by atomic mass is 14.9. The van der Waals surface area contributed by atoms with E-state index in [-0.39, 0.29) is 0 Å². The van der Waals surface area contributed by atoms with Crippen molar-refractivity contribution in [1.29, 1.82) is 0 Å². The Morgan fingerprint density at radius 3 is 2.44 bits per heavy atom. The van der Waals surface area contributed by atoms with Crippen LogP contribution in [0.15, 0.2) is 48.8 Å². The lowest BCUT2D eigenvalue weighted by atomic mass is 10.1. The second-order valence-electron chi connectivity index (χ2n) is 4.56. The molecule has 0 fully saturated rings. The Morgan fingerprint density at radius 2 is 1.83 bits per heavy atom. The predicted octanol–water partition coefficient (Wildman–Crippen LogP) is 3.49. The first-order chi connectivity index (χ1) is 8.79. The summed E-state index contributed by atoms with van der Waals surface area (Å²) in [7, 11) is 0. The van der Waals surface area contributed by atoms with Gasteiger partial charge in [0.2, 0.25) is 0 Å². The number of nitrogens with one attached hydrogen (secondary N) is 1. The predicted molar refractivity (Wildman–Crippen MR) is 75.3 cm³/mol. The minimum absolute atomic E-state index is 0.324. The molecule has 2 rings (SSSR count). The molecule has 1 aromatic carbocycles. The van der Waals surface area contributed by atoms with Crippen molar-refractivity contribution < 1.29 is 0 Å². The molecule has 1 N–H and O–H groups in total. The molecule has 0 bridgehead atoms. The Morgan fingerprint density at radius 1 is 1.11 bits per heavy atom. The number of benzene rings is 1. The van der Waals surface area contributed by atoms with Gasteiger partial charge in [0.15, 0.2) is 0 Å². The van der Waals surface area contributed by atoms with Crippen molar-refractivity contribution in [1.82, 2.24) is 10.3 Å². The van der Waals surface area contributed by atoms with Gasteiger partial charge in [0.25, 0.3) is 0 Å². The molecule has 1 heterocycles. The van der Waals surface area contributed by atoms with Crippen LogP contribution in [-0.4, -0.2) is 4.98 Å². The van der Waals surface area contributed by atoms with Crippen molar-refractivity contribution in [2.75, 3.05) is 0 Å². The third-order valence-electron chi connectivity index (χ3n) is 3.23. The fourth-order valence-corrected chi connectivity index (χ4v) is 1.91. The van der Waals surface area contributed by atoms with E-state index < -0.39 is 0 Å². The summed E-state index contributed by atoms with van der Waals surface area (Å²) in [6.07, 6.45) is 4.82. The molecule has 18 heavy (non-hydrogen) atoms. The van der Waals surface area contributed by atoms with Crippen molar-refractivity contribution in [3.8, 4) is 0 Å². The molecule has 0 radical (unpaired) electrons. The number of aryl methyl sites for hydroxylation is 1. The number of rotatable bonds is 5. The molecular weight excluding hydrogens is 220 g/mol. The summed E-state index contributed by atoms with van der Waals surface area (Å²) >= 11 is 0. The first-order valence-corrected chi connectivity index (χ1v) is 6.50. The topological polar surface area (TPSA) is 24.9 Å². The average molecular weight is 240 g/mol. The number of pyridine rings is 1. The van der Waals surface area contributed by atoms with Crippen LogP contribution in [-0.2, 0) is 13.0 Å². The van der Waals surface area contributed by atoms with Crippen LogP contribution >= 0.6 is 0 Å². The van der Waals surface area contributed by atoms with Crippen LogP contribution in [0.3, 0.4) is 0 Å². The van der Waals surface area contributed by atoms with E-state index in [1.807, 2.05) is 12.3 Å². The van der Waals surface area contributed by atoms with Crippen molar-refractivity contribution in [3.63, 3.8) is 0 Å². The first kappa shape index (κ1) is 12.8. The summed E-state index contributed by atoms with van der Waals surface area (Å²) in [6.45, 7) is 5.23. The van der Waals surface area contributed by atoms with Gasteiger partial charge in [-0.15, -0.1) is 0 Å². The zero-order chi connectivity index (χ0) is 12.8. The Balaban J connectivity index is 1.91. The SMILES string of the molecule is CCc1ccc(CN[C@H](C)c2cccnc2)cc1. The molecule has 0 aliphatic heterocycles. The van der Waals surface area contributed by atoms with Gasteiger partial charge in [0, 0.05) is 25.0 Å². The third kappa shape index (κ3) is 3.41. The maximum absolute atomic E-state index is 4.14. The van der Waals surface area contributed by atoms with Crippen LogP contribution in [0.5, 0.6) is 0 Å². The van der Waals surface area contributed by atoms with Gasteiger partial charge in [-0.1, -0.05) is 37.3 Å². The van der Waals surface area contributed by atoms with E-state index in [9.17, 15) is 0 Å². The maximum atomic E-state index is 4.14. The molecule has 1 aromatic heterocycles. The summed E-state index contributed by atoms with van der Waals surface area (Å²) in [6, 6.07) is 13.2. The van der Waals surface area contributed by atoms with Crippen LogP contribution in [0.1, 0.15) is 36.6 Å².